The van der Waals surface area contributed by atoms with Crippen LogP contribution >= 0.6 is 0 Å². The second-order valence-corrected chi connectivity index (χ2v) is 7.62. The summed E-state index contributed by atoms with van der Waals surface area (Å²) in [5.41, 5.74) is 4.96. The van der Waals surface area contributed by atoms with Gasteiger partial charge in [-0.25, -0.2) is 0 Å². The minimum atomic E-state index is -0.481. The van der Waals surface area contributed by atoms with Gasteiger partial charge in [0.2, 0.25) is 0 Å². The Kier molecular flexibility index (Phi) is 7.18. The Balaban J connectivity index is 1.46. The summed E-state index contributed by atoms with van der Waals surface area (Å²) in [4.78, 5) is 14.4. The second kappa shape index (κ2) is 10.8. The van der Waals surface area contributed by atoms with Crippen LogP contribution in [0.2, 0.25) is 0 Å². The van der Waals surface area contributed by atoms with Crippen molar-refractivity contribution in [2.75, 3.05) is 11.4 Å². The van der Waals surface area contributed by atoms with Crippen molar-refractivity contribution in [3.05, 3.63) is 132 Å². The molecule has 2 N–H and O–H groups in total. The number of hydrogen-bond acceptors (Lipinski definition) is 3. The molecule has 0 fully saturated rings. The van der Waals surface area contributed by atoms with E-state index in [4.69, 9.17) is 0 Å². The van der Waals surface area contributed by atoms with Crippen molar-refractivity contribution in [2.45, 2.75) is 6.42 Å². The van der Waals surface area contributed by atoms with Gasteiger partial charge in [0, 0.05) is 23.6 Å². The molecule has 4 nitrogen and oxygen atoms in total. The maximum Gasteiger partial charge on any atom is 0.286 e. The fraction of sp³-hybridized carbons (Fsp3) is 0.0690. The number of carbonyl (C=O) groups excluding carboxylic acids is 1. The zero-order chi connectivity index (χ0) is 22.9. The highest BCUT2D eigenvalue weighted by molar-refractivity contribution is 5.95. The number of aliphatic hydroxyl groups excluding tert-OH is 1. The minimum Gasteiger partial charge on any atom is -0.503 e. The molecule has 0 bridgehead atoms. The number of anilines is 3. The van der Waals surface area contributed by atoms with Gasteiger partial charge < -0.3 is 15.3 Å². The molecular weight excluding hydrogens is 408 g/mol. The molecule has 4 aromatic rings. The van der Waals surface area contributed by atoms with Crippen LogP contribution < -0.4 is 10.2 Å². The van der Waals surface area contributed by atoms with Gasteiger partial charge in [-0.15, -0.1) is 0 Å². The number of nitrogens with zero attached hydrogens (tertiary/aromatic N) is 1. The minimum absolute atomic E-state index is 0.307. The number of rotatable bonds is 8. The molecule has 0 aliphatic heterocycles. The Hall–Kier alpha value is -4.31. The Morgan fingerprint density at radius 2 is 1.18 bits per heavy atom. The van der Waals surface area contributed by atoms with Crippen LogP contribution in [-0.2, 0) is 11.2 Å². The van der Waals surface area contributed by atoms with Crippen LogP contribution in [0, 0.1) is 0 Å². The van der Waals surface area contributed by atoms with E-state index < -0.39 is 5.91 Å². The predicted octanol–water partition coefficient (Wildman–Crippen LogP) is 6.41. The van der Waals surface area contributed by atoms with Crippen molar-refractivity contribution in [1.82, 2.24) is 5.32 Å². The summed E-state index contributed by atoms with van der Waals surface area (Å²) in [5, 5.41) is 13.0. The van der Waals surface area contributed by atoms with Crippen molar-refractivity contribution in [1.29, 1.82) is 0 Å². The molecule has 164 valence electrons. The third-order valence-electron chi connectivity index (χ3n) is 5.26. The zero-order valence-corrected chi connectivity index (χ0v) is 18.3. The van der Waals surface area contributed by atoms with E-state index in [-0.39, 0.29) is 5.76 Å². The molecule has 4 aromatic carbocycles. The van der Waals surface area contributed by atoms with Gasteiger partial charge in [-0.1, -0.05) is 78.9 Å². The summed E-state index contributed by atoms with van der Waals surface area (Å²) in [5.74, 6) is -0.788. The van der Waals surface area contributed by atoms with E-state index >= 15 is 0 Å². The summed E-state index contributed by atoms with van der Waals surface area (Å²) < 4.78 is 0. The van der Waals surface area contributed by atoms with Gasteiger partial charge >= 0.3 is 0 Å². The topological polar surface area (TPSA) is 52.6 Å². The molecule has 0 atom stereocenters. The van der Waals surface area contributed by atoms with E-state index in [1.54, 1.807) is 0 Å². The molecule has 0 radical (unpaired) electrons. The second-order valence-electron chi connectivity index (χ2n) is 7.62. The van der Waals surface area contributed by atoms with E-state index in [1.165, 1.54) is 6.08 Å². The van der Waals surface area contributed by atoms with Crippen LogP contribution in [0.25, 0.3) is 6.08 Å². The van der Waals surface area contributed by atoms with Crippen LogP contribution in [0.1, 0.15) is 11.1 Å². The standard InChI is InChI=1S/C29H26N2O2/c32-28(29(33)30-21-20-23-10-4-1-5-11-23)22-24-16-18-27(19-17-24)31(25-12-6-2-7-13-25)26-14-8-3-9-15-26/h1-19,22,32H,20-21H2,(H,30,33)/b28-22+. The summed E-state index contributed by atoms with van der Waals surface area (Å²) in [6, 6.07) is 37.9. The van der Waals surface area contributed by atoms with Crippen molar-refractivity contribution >= 4 is 29.0 Å². The molecule has 4 rings (SSSR count). The highest BCUT2D eigenvalue weighted by Gasteiger charge is 2.12. The molecule has 0 aliphatic rings. The lowest BCUT2D eigenvalue weighted by atomic mass is 10.1. The first-order valence-corrected chi connectivity index (χ1v) is 10.9. The first-order chi connectivity index (χ1) is 16.2. The maximum atomic E-state index is 12.2. The van der Waals surface area contributed by atoms with Gasteiger partial charge in [-0.05, 0) is 60.0 Å². The highest BCUT2D eigenvalue weighted by Crippen LogP contribution is 2.34. The van der Waals surface area contributed by atoms with Crippen LogP contribution in [0.15, 0.2) is 121 Å². The first kappa shape index (κ1) is 21.9. The van der Waals surface area contributed by atoms with Crippen molar-refractivity contribution < 1.29 is 9.90 Å². The molecule has 0 aliphatic carbocycles. The summed E-state index contributed by atoms with van der Waals surface area (Å²) in [7, 11) is 0. The fourth-order valence-corrected chi connectivity index (χ4v) is 3.60. The molecule has 0 heterocycles. The van der Waals surface area contributed by atoms with Crippen LogP contribution in [0.4, 0.5) is 17.1 Å². The molecule has 1 amide bonds. The molecule has 0 spiro atoms. The zero-order valence-electron chi connectivity index (χ0n) is 18.3. The van der Waals surface area contributed by atoms with E-state index in [2.05, 4.69) is 34.5 Å². The lowest BCUT2D eigenvalue weighted by Crippen LogP contribution is -2.27. The van der Waals surface area contributed by atoms with Crippen LogP contribution in [0.5, 0.6) is 0 Å². The third kappa shape index (κ3) is 5.89. The molecule has 0 saturated heterocycles. The average Bonchev–Trinajstić information content (AvgIpc) is 2.87. The smallest absolute Gasteiger partial charge is 0.286 e. The van der Waals surface area contributed by atoms with E-state index in [9.17, 15) is 9.90 Å². The van der Waals surface area contributed by atoms with E-state index in [0.717, 1.165) is 28.2 Å². The molecule has 0 aromatic heterocycles. The number of nitrogens with one attached hydrogen (secondary N) is 1. The normalized spacial score (nSPS) is 11.1. The molecule has 4 heteroatoms. The number of carbonyl (C=O) groups is 1. The number of para-hydroxylation sites is 2. The van der Waals surface area contributed by atoms with Crippen LogP contribution in [0.3, 0.4) is 0 Å². The monoisotopic (exact) mass is 434 g/mol. The Labute approximate surface area is 194 Å². The van der Waals surface area contributed by atoms with Gasteiger partial charge in [0.15, 0.2) is 5.76 Å². The summed E-state index contributed by atoms with van der Waals surface area (Å²) >= 11 is 0. The molecule has 0 unspecified atom stereocenters. The SMILES string of the molecule is O=C(NCCc1ccccc1)/C(O)=C\c1ccc(N(c2ccccc2)c2ccccc2)cc1. The average molecular weight is 435 g/mol. The maximum absolute atomic E-state index is 12.2. The van der Waals surface area contributed by atoms with Gasteiger partial charge in [-0.3, -0.25) is 4.79 Å². The molecular formula is C29H26N2O2. The third-order valence-corrected chi connectivity index (χ3v) is 5.26. The van der Waals surface area contributed by atoms with E-state index in [1.807, 2.05) is 91.0 Å². The Morgan fingerprint density at radius 3 is 1.73 bits per heavy atom. The van der Waals surface area contributed by atoms with E-state index in [0.29, 0.717) is 13.0 Å². The number of amides is 1. The highest BCUT2D eigenvalue weighted by atomic mass is 16.3. The van der Waals surface area contributed by atoms with Gasteiger partial charge in [-0.2, -0.15) is 0 Å². The Morgan fingerprint density at radius 1 is 0.697 bits per heavy atom. The molecule has 0 saturated carbocycles. The number of benzene rings is 4. The number of hydrogen-bond donors (Lipinski definition) is 2. The van der Waals surface area contributed by atoms with Gasteiger partial charge in [0.25, 0.3) is 5.91 Å². The fourth-order valence-electron chi connectivity index (χ4n) is 3.60. The quantitative estimate of drug-likeness (QED) is 0.249. The Bertz CT molecular complexity index is 1150. The predicted molar refractivity (Wildman–Crippen MR) is 135 cm³/mol. The first-order valence-electron chi connectivity index (χ1n) is 10.9. The van der Waals surface area contributed by atoms with Gasteiger partial charge in [0.1, 0.15) is 0 Å². The largest absolute Gasteiger partial charge is 0.503 e. The van der Waals surface area contributed by atoms with Crippen molar-refractivity contribution in [2.24, 2.45) is 0 Å². The summed E-state index contributed by atoms with van der Waals surface area (Å²) in [6.07, 6.45) is 2.19. The van der Waals surface area contributed by atoms with Crippen molar-refractivity contribution in [3.63, 3.8) is 0 Å². The van der Waals surface area contributed by atoms with Crippen molar-refractivity contribution in [3.8, 4) is 0 Å². The van der Waals surface area contributed by atoms with Gasteiger partial charge in [0.05, 0.1) is 0 Å². The number of aliphatic hydroxyl groups is 1. The lowest BCUT2D eigenvalue weighted by Gasteiger charge is -2.25. The molecule has 33 heavy (non-hydrogen) atoms. The summed E-state index contributed by atoms with van der Waals surface area (Å²) in [6.45, 7) is 0.461. The van der Waals surface area contributed by atoms with Crippen LogP contribution in [-0.4, -0.2) is 17.6 Å². The lowest BCUT2D eigenvalue weighted by molar-refractivity contribution is -0.119.